The average Bonchev–Trinajstić information content (AvgIpc) is 4.10. The van der Waals surface area contributed by atoms with Crippen LogP contribution in [-0.4, -0.2) is 28.5 Å². The van der Waals surface area contributed by atoms with Gasteiger partial charge in [0.05, 0.1) is 33.1 Å². The van der Waals surface area contributed by atoms with E-state index in [-0.39, 0.29) is 0 Å². The molecule has 9 aromatic carbocycles. The van der Waals surface area contributed by atoms with E-state index < -0.39 is 0 Å². The summed E-state index contributed by atoms with van der Waals surface area (Å²) in [4.78, 5) is 0. The number of para-hydroxylation sites is 4. The highest BCUT2D eigenvalue weighted by atomic mass is 15.3. The molecular formula is C56H36N6. The predicted octanol–water partition coefficient (Wildman–Crippen LogP) is 13.9. The van der Waals surface area contributed by atoms with Crippen molar-refractivity contribution in [2.75, 3.05) is 0 Å². The Hall–Kier alpha value is -8.48. The predicted molar refractivity (Wildman–Crippen MR) is 255 cm³/mol. The Bertz CT molecular complexity index is 3510. The van der Waals surface area contributed by atoms with E-state index in [9.17, 15) is 0 Å². The molecule has 0 amide bonds. The van der Waals surface area contributed by atoms with Crippen LogP contribution in [0.5, 0.6) is 0 Å². The van der Waals surface area contributed by atoms with E-state index in [4.69, 9.17) is 10.2 Å². The van der Waals surface area contributed by atoms with Crippen LogP contribution in [0.25, 0.3) is 111 Å². The summed E-state index contributed by atoms with van der Waals surface area (Å²) in [6, 6.07) is 78.2. The van der Waals surface area contributed by atoms with E-state index in [1.807, 2.05) is 36.4 Å². The third kappa shape index (κ3) is 5.10. The van der Waals surface area contributed by atoms with Crippen LogP contribution >= 0.6 is 0 Å². The molecule has 0 radical (unpaired) electrons. The minimum atomic E-state index is 0.796. The molecule has 0 bridgehead atoms. The Morgan fingerprint density at radius 3 is 0.903 bits per heavy atom. The van der Waals surface area contributed by atoms with E-state index in [0.29, 0.717) is 0 Å². The number of nitrogens with zero attached hydrogens (tertiary/aromatic N) is 6. The number of benzene rings is 9. The monoisotopic (exact) mass is 792 g/mol. The molecule has 0 aliphatic heterocycles. The third-order valence-electron chi connectivity index (χ3n) is 12.5. The molecule has 6 heteroatoms. The van der Waals surface area contributed by atoms with Gasteiger partial charge in [0.15, 0.2) is 11.6 Å². The fourth-order valence-corrected chi connectivity index (χ4v) is 9.78. The van der Waals surface area contributed by atoms with Gasteiger partial charge >= 0.3 is 0 Å². The van der Waals surface area contributed by atoms with Crippen molar-refractivity contribution in [3.05, 3.63) is 218 Å². The molecule has 6 nitrogen and oxygen atoms in total. The largest absolute Gasteiger partial charge is 0.309 e. The maximum Gasteiger partial charge on any atom is 0.168 e. The summed E-state index contributed by atoms with van der Waals surface area (Å²) in [5.74, 6) is 1.59. The van der Waals surface area contributed by atoms with Crippen LogP contribution in [-0.2, 0) is 0 Å². The average molecular weight is 793 g/mol. The third-order valence-corrected chi connectivity index (χ3v) is 12.5. The van der Waals surface area contributed by atoms with E-state index in [2.05, 4.69) is 200 Å². The number of hydrogen-bond donors (Lipinski definition) is 0. The van der Waals surface area contributed by atoms with Crippen molar-refractivity contribution in [1.29, 1.82) is 0 Å². The van der Waals surface area contributed by atoms with Crippen LogP contribution < -0.4 is 0 Å². The highest BCUT2D eigenvalue weighted by molar-refractivity contribution is 6.14. The lowest BCUT2D eigenvalue weighted by Crippen LogP contribution is -2.01. The van der Waals surface area contributed by atoms with Crippen LogP contribution in [0, 0.1) is 0 Å². The first-order valence-electron chi connectivity index (χ1n) is 21.0. The van der Waals surface area contributed by atoms with Gasteiger partial charge in [0.1, 0.15) is 0 Å². The smallest absolute Gasteiger partial charge is 0.168 e. The summed E-state index contributed by atoms with van der Waals surface area (Å²) in [7, 11) is 0. The Morgan fingerprint density at radius 2 is 0.516 bits per heavy atom. The van der Waals surface area contributed by atoms with Crippen LogP contribution in [0.4, 0.5) is 0 Å². The summed E-state index contributed by atoms with van der Waals surface area (Å²) in [5.41, 5.74) is 13.4. The summed E-state index contributed by atoms with van der Waals surface area (Å²) >= 11 is 0. The lowest BCUT2D eigenvalue weighted by Gasteiger charge is -2.14. The SMILES string of the molecule is c1ccc(-c2nnc(-c3ccccc3)n2-c2ccc(-n3c4ccc(-n5c6ccccc6c6ccccc65)cc4c4cc(-n5c6ccccc6c6ccccc65)ccc43)cc2)cc1. The van der Waals surface area contributed by atoms with Crippen molar-refractivity contribution in [2.45, 2.75) is 0 Å². The van der Waals surface area contributed by atoms with Crippen molar-refractivity contribution >= 4 is 65.4 Å². The first-order valence-corrected chi connectivity index (χ1v) is 21.0. The maximum atomic E-state index is 4.73. The Morgan fingerprint density at radius 1 is 0.226 bits per heavy atom. The van der Waals surface area contributed by atoms with E-state index in [1.54, 1.807) is 0 Å². The fourth-order valence-electron chi connectivity index (χ4n) is 9.78. The fraction of sp³-hybridized carbons (Fsp3) is 0. The molecule has 0 atom stereocenters. The summed E-state index contributed by atoms with van der Waals surface area (Å²) in [6.07, 6.45) is 0. The standard InChI is InChI=1S/C56H36N6/c1-3-15-37(16-4-1)55-57-58-56(38-17-5-2-6-18-38)62(55)40-29-27-39(28-30-40)59-53-33-31-41(60-49-23-11-7-19-43(49)44-20-8-12-24-50(44)60)35-47(53)48-36-42(32-34-54(48)59)61-51-25-13-9-21-45(51)46-22-10-14-26-52(46)61/h1-36H. The molecule has 4 aromatic heterocycles. The molecule has 0 spiro atoms. The summed E-state index contributed by atoms with van der Waals surface area (Å²) in [6.45, 7) is 0. The van der Waals surface area contributed by atoms with Gasteiger partial charge in [-0.1, -0.05) is 133 Å². The van der Waals surface area contributed by atoms with Gasteiger partial charge in [-0.05, 0) is 84.9 Å². The quantitative estimate of drug-likeness (QED) is 0.168. The number of aromatic nitrogens is 6. The lowest BCUT2D eigenvalue weighted by atomic mass is 10.1. The van der Waals surface area contributed by atoms with Crippen molar-refractivity contribution in [3.8, 4) is 45.5 Å². The van der Waals surface area contributed by atoms with Crippen LogP contribution in [0.15, 0.2) is 218 Å². The summed E-state index contributed by atoms with van der Waals surface area (Å²) < 4.78 is 9.39. The molecule has 0 aliphatic carbocycles. The van der Waals surface area contributed by atoms with Gasteiger partial charge in [-0.25, -0.2) is 0 Å². The molecule has 13 rings (SSSR count). The second-order valence-corrected chi connectivity index (χ2v) is 15.9. The normalized spacial score (nSPS) is 11.9. The van der Waals surface area contributed by atoms with Gasteiger partial charge in [-0.3, -0.25) is 4.57 Å². The Labute approximate surface area is 356 Å². The zero-order chi connectivity index (χ0) is 40.7. The second kappa shape index (κ2) is 13.5. The number of rotatable bonds is 6. The molecule has 0 unspecified atom stereocenters. The first kappa shape index (κ1) is 34.4. The van der Waals surface area contributed by atoms with Crippen molar-refractivity contribution < 1.29 is 0 Å². The molecule has 4 heterocycles. The molecule has 62 heavy (non-hydrogen) atoms. The molecule has 0 saturated heterocycles. The Kier molecular flexibility index (Phi) is 7.50. The zero-order valence-corrected chi connectivity index (χ0v) is 33.5. The Balaban J connectivity index is 1.04. The van der Waals surface area contributed by atoms with Gasteiger partial charge in [0.25, 0.3) is 0 Å². The van der Waals surface area contributed by atoms with Crippen molar-refractivity contribution in [3.63, 3.8) is 0 Å². The minimum absolute atomic E-state index is 0.796. The molecule has 0 saturated carbocycles. The van der Waals surface area contributed by atoms with Gasteiger partial charge in [-0.15, -0.1) is 10.2 Å². The van der Waals surface area contributed by atoms with Crippen molar-refractivity contribution in [2.24, 2.45) is 0 Å². The van der Waals surface area contributed by atoms with Gasteiger partial charge in [-0.2, -0.15) is 0 Å². The minimum Gasteiger partial charge on any atom is -0.309 e. The maximum absolute atomic E-state index is 4.73. The molecular weight excluding hydrogens is 757 g/mol. The van der Waals surface area contributed by atoms with Gasteiger partial charge in [0, 0.05) is 66.2 Å². The van der Waals surface area contributed by atoms with E-state index >= 15 is 0 Å². The molecule has 0 N–H and O–H groups in total. The van der Waals surface area contributed by atoms with Gasteiger partial charge in [0.2, 0.25) is 0 Å². The van der Waals surface area contributed by atoms with Crippen LogP contribution in [0.2, 0.25) is 0 Å². The van der Waals surface area contributed by atoms with Crippen LogP contribution in [0.1, 0.15) is 0 Å². The second-order valence-electron chi connectivity index (χ2n) is 15.9. The van der Waals surface area contributed by atoms with Crippen molar-refractivity contribution in [1.82, 2.24) is 28.5 Å². The highest BCUT2D eigenvalue weighted by Crippen LogP contribution is 2.40. The van der Waals surface area contributed by atoms with E-state index in [0.717, 1.165) is 56.6 Å². The highest BCUT2D eigenvalue weighted by Gasteiger charge is 2.21. The topological polar surface area (TPSA) is 45.5 Å². The van der Waals surface area contributed by atoms with E-state index in [1.165, 1.54) is 54.4 Å². The molecule has 0 aliphatic rings. The molecule has 0 fully saturated rings. The first-order chi connectivity index (χ1) is 30.8. The number of fused-ring (bicyclic) bond motifs is 9. The number of hydrogen-bond acceptors (Lipinski definition) is 2. The zero-order valence-electron chi connectivity index (χ0n) is 33.5. The van der Waals surface area contributed by atoms with Gasteiger partial charge < -0.3 is 13.7 Å². The lowest BCUT2D eigenvalue weighted by molar-refractivity contribution is 1.07. The summed E-state index contributed by atoms with van der Waals surface area (Å²) in [5, 5.41) is 16.8. The van der Waals surface area contributed by atoms with Crippen LogP contribution in [0.3, 0.4) is 0 Å². The molecule has 13 aromatic rings. The molecule has 290 valence electrons.